The Morgan fingerprint density at radius 1 is 1.07 bits per heavy atom. The van der Waals surface area contributed by atoms with Crippen LogP contribution in [0, 0.1) is 5.92 Å². The molecule has 0 aromatic heterocycles. The van der Waals surface area contributed by atoms with E-state index in [4.69, 9.17) is 4.74 Å². The Balaban J connectivity index is 1.26. The predicted molar refractivity (Wildman–Crippen MR) is 121 cm³/mol. The van der Waals surface area contributed by atoms with E-state index in [2.05, 4.69) is 36.1 Å². The third-order valence-corrected chi connectivity index (χ3v) is 6.52. The fourth-order valence-corrected chi connectivity index (χ4v) is 4.11. The number of carbonyl (C=O) groups is 1. The molecule has 4 nitrogen and oxygen atoms in total. The summed E-state index contributed by atoms with van der Waals surface area (Å²) in [5.74, 6) is 1.64. The molecule has 1 unspecified atom stereocenters. The fourth-order valence-electron chi connectivity index (χ4n) is 4.11. The highest BCUT2D eigenvalue weighted by Gasteiger charge is 2.22. The van der Waals surface area contributed by atoms with Gasteiger partial charge in [-0.05, 0) is 93.4 Å². The van der Waals surface area contributed by atoms with E-state index < -0.39 is 0 Å². The number of hydrogen-bond acceptors (Lipinski definition) is 3. The SMILES string of the molecule is CC(c1ccc(CCN(C)C(=O)c2ccc(OCC3CC3)cc2)cc1)N1CCCC1. The normalized spacial score (nSPS) is 17.7. The van der Waals surface area contributed by atoms with Gasteiger partial charge in [0.2, 0.25) is 0 Å². The van der Waals surface area contributed by atoms with Crippen molar-refractivity contribution in [2.45, 2.75) is 45.1 Å². The van der Waals surface area contributed by atoms with Gasteiger partial charge in [-0.1, -0.05) is 24.3 Å². The second-order valence-electron chi connectivity index (χ2n) is 8.92. The molecule has 0 spiro atoms. The van der Waals surface area contributed by atoms with Crippen molar-refractivity contribution < 1.29 is 9.53 Å². The van der Waals surface area contributed by atoms with Crippen molar-refractivity contribution in [2.75, 3.05) is 33.3 Å². The van der Waals surface area contributed by atoms with Crippen LogP contribution in [0.2, 0.25) is 0 Å². The molecule has 4 heteroatoms. The summed E-state index contributed by atoms with van der Waals surface area (Å²) in [6.07, 6.45) is 6.06. The Morgan fingerprint density at radius 2 is 1.73 bits per heavy atom. The van der Waals surface area contributed by atoms with Gasteiger partial charge in [0.05, 0.1) is 6.61 Å². The Bertz CT molecular complexity index is 821. The molecular weight excluding hydrogens is 372 g/mol. The first kappa shape index (κ1) is 20.9. The Labute approximate surface area is 180 Å². The zero-order valence-electron chi connectivity index (χ0n) is 18.3. The van der Waals surface area contributed by atoms with Crippen molar-refractivity contribution >= 4 is 5.91 Å². The zero-order valence-corrected chi connectivity index (χ0v) is 18.3. The van der Waals surface area contributed by atoms with E-state index in [1.807, 2.05) is 31.3 Å². The van der Waals surface area contributed by atoms with Gasteiger partial charge in [0, 0.05) is 25.2 Å². The average molecular weight is 407 g/mol. The number of ether oxygens (including phenoxy) is 1. The molecule has 2 fully saturated rings. The van der Waals surface area contributed by atoms with Crippen molar-refractivity contribution in [3.05, 3.63) is 65.2 Å². The quantitative estimate of drug-likeness (QED) is 0.591. The molecule has 2 aromatic rings. The lowest BCUT2D eigenvalue weighted by Crippen LogP contribution is -2.28. The second-order valence-corrected chi connectivity index (χ2v) is 8.92. The number of rotatable bonds is 9. The summed E-state index contributed by atoms with van der Waals surface area (Å²) in [6.45, 7) is 6.23. The first-order valence-corrected chi connectivity index (χ1v) is 11.4. The lowest BCUT2D eigenvalue weighted by Gasteiger charge is -2.24. The lowest BCUT2D eigenvalue weighted by molar-refractivity contribution is 0.0796. The lowest BCUT2D eigenvalue weighted by atomic mass is 10.0. The molecule has 1 atom stereocenters. The van der Waals surface area contributed by atoms with Crippen molar-refractivity contribution in [1.29, 1.82) is 0 Å². The van der Waals surface area contributed by atoms with E-state index in [9.17, 15) is 4.79 Å². The van der Waals surface area contributed by atoms with Crippen LogP contribution in [0.5, 0.6) is 5.75 Å². The Hall–Kier alpha value is -2.33. The summed E-state index contributed by atoms with van der Waals surface area (Å²) < 4.78 is 5.76. The molecule has 1 heterocycles. The first-order valence-electron chi connectivity index (χ1n) is 11.4. The second kappa shape index (κ2) is 9.65. The van der Waals surface area contributed by atoms with E-state index >= 15 is 0 Å². The van der Waals surface area contributed by atoms with Gasteiger partial charge in [-0.15, -0.1) is 0 Å². The number of benzene rings is 2. The van der Waals surface area contributed by atoms with E-state index in [0.717, 1.165) is 24.7 Å². The van der Waals surface area contributed by atoms with Crippen LogP contribution in [-0.4, -0.2) is 49.0 Å². The van der Waals surface area contributed by atoms with Crippen LogP contribution in [0.15, 0.2) is 48.5 Å². The number of carbonyl (C=O) groups excluding carboxylic acids is 1. The van der Waals surface area contributed by atoms with Crippen molar-refractivity contribution in [3.8, 4) is 5.75 Å². The molecule has 1 aliphatic carbocycles. The highest BCUT2D eigenvalue weighted by Crippen LogP contribution is 2.29. The highest BCUT2D eigenvalue weighted by atomic mass is 16.5. The summed E-state index contributed by atoms with van der Waals surface area (Å²) in [4.78, 5) is 17.1. The largest absolute Gasteiger partial charge is 0.493 e. The molecule has 0 bridgehead atoms. The van der Waals surface area contributed by atoms with Gasteiger partial charge in [0.1, 0.15) is 5.75 Å². The highest BCUT2D eigenvalue weighted by molar-refractivity contribution is 5.94. The molecule has 1 saturated carbocycles. The molecule has 2 aliphatic rings. The molecule has 1 aliphatic heterocycles. The molecule has 30 heavy (non-hydrogen) atoms. The van der Waals surface area contributed by atoms with Gasteiger partial charge in [0.15, 0.2) is 0 Å². The van der Waals surface area contributed by atoms with Gasteiger partial charge < -0.3 is 9.64 Å². The first-order chi connectivity index (χ1) is 14.6. The third-order valence-electron chi connectivity index (χ3n) is 6.52. The molecule has 1 saturated heterocycles. The minimum Gasteiger partial charge on any atom is -0.493 e. The van der Waals surface area contributed by atoms with Gasteiger partial charge in [-0.2, -0.15) is 0 Å². The minimum atomic E-state index is 0.0584. The molecule has 2 aromatic carbocycles. The summed E-state index contributed by atoms with van der Waals surface area (Å²) in [7, 11) is 1.88. The maximum Gasteiger partial charge on any atom is 0.253 e. The number of hydrogen-bond donors (Lipinski definition) is 0. The summed E-state index contributed by atoms with van der Waals surface area (Å²) >= 11 is 0. The van der Waals surface area contributed by atoms with Crippen LogP contribution < -0.4 is 4.74 Å². The van der Waals surface area contributed by atoms with E-state index in [-0.39, 0.29) is 5.91 Å². The Kier molecular flexibility index (Phi) is 6.73. The molecule has 160 valence electrons. The molecule has 0 radical (unpaired) electrons. The van der Waals surface area contributed by atoms with Gasteiger partial charge in [-0.3, -0.25) is 9.69 Å². The van der Waals surface area contributed by atoms with E-state index in [1.165, 1.54) is 49.9 Å². The van der Waals surface area contributed by atoms with Gasteiger partial charge >= 0.3 is 0 Å². The van der Waals surface area contributed by atoms with E-state index in [1.54, 1.807) is 4.90 Å². The van der Waals surface area contributed by atoms with Crippen LogP contribution in [0.1, 0.15) is 60.1 Å². The maximum atomic E-state index is 12.7. The van der Waals surface area contributed by atoms with Gasteiger partial charge in [-0.25, -0.2) is 0 Å². The van der Waals surface area contributed by atoms with Crippen molar-refractivity contribution in [2.24, 2.45) is 5.92 Å². The summed E-state index contributed by atoms with van der Waals surface area (Å²) in [5, 5.41) is 0. The molecule has 1 amide bonds. The third kappa shape index (κ3) is 5.42. The molecule has 4 rings (SSSR count). The van der Waals surface area contributed by atoms with Crippen LogP contribution in [0.25, 0.3) is 0 Å². The van der Waals surface area contributed by atoms with Crippen LogP contribution in [0.4, 0.5) is 0 Å². The number of amides is 1. The van der Waals surface area contributed by atoms with E-state index in [0.29, 0.717) is 18.2 Å². The average Bonchev–Trinajstić information content (AvgIpc) is 3.46. The van der Waals surface area contributed by atoms with Crippen LogP contribution >= 0.6 is 0 Å². The van der Waals surface area contributed by atoms with Gasteiger partial charge in [0.25, 0.3) is 5.91 Å². The summed E-state index contributed by atoms with van der Waals surface area (Å²) in [5.41, 5.74) is 3.37. The topological polar surface area (TPSA) is 32.8 Å². The van der Waals surface area contributed by atoms with Crippen molar-refractivity contribution in [1.82, 2.24) is 9.80 Å². The number of nitrogens with zero attached hydrogens (tertiary/aromatic N) is 2. The predicted octanol–water partition coefficient (Wildman–Crippen LogP) is 4.95. The smallest absolute Gasteiger partial charge is 0.253 e. The summed E-state index contributed by atoms with van der Waals surface area (Å²) in [6, 6.07) is 17.0. The monoisotopic (exact) mass is 406 g/mol. The minimum absolute atomic E-state index is 0.0584. The van der Waals surface area contributed by atoms with Crippen LogP contribution in [0.3, 0.4) is 0 Å². The standard InChI is InChI=1S/C26H34N2O2/c1-20(28-16-3-4-17-28)23-9-7-21(8-10-23)15-18-27(2)26(29)24-11-13-25(14-12-24)30-19-22-5-6-22/h7-14,20,22H,3-6,15-19H2,1-2H3. The zero-order chi connectivity index (χ0) is 20.9. The Morgan fingerprint density at radius 3 is 2.37 bits per heavy atom. The maximum absolute atomic E-state index is 12.7. The molecule has 0 N–H and O–H groups in total. The van der Waals surface area contributed by atoms with Crippen molar-refractivity contribution in [3.63, 3.8) is 0 Å². The number of likely N-dealkylation sites (N-methyl/N-ethyl adjacent to an activating group) is 1. The van der Waals surface area contributed by atoms with Crippen LogP contribution in [-0.2, 0) is 6.42 Å². The fraction of sp³-hybridized carbons (Fsp3) is 0.500. The molecular formula is C26H34N2O2. The number of likely N-dealkylation sites (tertiary alicyclic amines) is 1.